The van der Waals surface area contributed by atoms with Crippen LogP contribution in [0.1, 0.15) is 23.7 Å². The largest absolute Gasteiger partial charge is 0.490 e. The summed E-state index contributed by atoms with van der Waals surface area (Å²) >= 11 is 5.65. The van der Waals surface area contributed by atoms with Gasteiger partial charge in [-0.1, -0.05) is 23.7 Å². The van der Waals surface area contributed by atoms with Crippen LogP contribution < -0.4 is 9.47 Å². The highest BCUT2D eigenvalue weighted by molar-refractivity contribution is 6.30. The summed E-state index contributed by atoms with van der Waals surface area (Å²) in [5.41, 5.74) is 1.05. The third-order valence-electron chi connectivity index (χ3n) is 3.35. The van der Waals surface area contributed by atoms with E-state index in [-0.39, 0.29) is 5.02 Å². The van der Waals surface area contributed by atoms with Crippen molar-refractivity contribution in [2.24, 2.45) is 0 Å². The fourth-order valence-electron chi connectivity index (χ4n) is 2.22. The first-order chi connectivity index (χ1) is 10.1. The van der Waals surface area contributed by atoms with Crippen LogP contribution in [0.4, 0.5) is 4.39 Å². The zero-order chi connectivity index (χ0) is 14.8. The highest BCUT2D eigenvalue weighted by Crippen LogP contribution is 2.34. The minimum atomic E-state index is -0.950. The molecule has 3 rings (SSSR count). The molecule has 1 heterocycles. The van der Waals surface area contributed by atoms with Crippen molar-refractivity contribution in [2.75, 3.05) is 13.2 Å². The van der Waals surface area contributed by atoms with Crippen LogP contribution in [-0.4, -0.2) is 18.3 Å². The predicted molar refractivity (Wildman–Crippen MR) is 77.5 cm³/mol. The molecule has 21 heavy (non-hydrogen) atoms. The van der Waals surface area contributed by atoms with Crippen LogP contribution in [0.25, 0.3) is 0 Å². The Morgan fingerprint density at radius 3 is 2.43 bits per heavy atom. The van der Waals surface area contributed by atoms with Crippen molar-refractivity contribution in [3.8, 4) is 11.5 Å². The van der Waals surface area contributed by atoms with E-state index in [1.807, 2.05) is 0 Å². The van der Waals surface area contributed by atoms with Crippen LogP contribution in [-0.2, 0) is 0 Å². The Balaban J connectivity index is 1.92. The Morgan fingerprint density at radius 2 is 1.67 bits per heavy atom. The second-order valence-electron chi connectivity index (χ2n) is 4.83. The maximum atomic E-state index is 13.5. The molecule has 0 radical (unpaired) electrons. The van der Waals surface area contributed by atoms with Crippen molar-refractivity contribution in [1.82, 2.24) is 0 Å². The van der Waals surface area contributed by atoms with Gasteiger partial charge < -0.3 is 14.6 Å². The van der Waals surface area contributed by atoms with Crippen molar-refractivity contribution in [1.29, 1.82) is 0 Å². The number of benzene rings is 2. The molecule has 1 aliphatic heterocycles. The molecule has 1 atom stereocenters. The van der Waals surface area contributed by atoms with E-state index < -0.39 is 11.9 Å². The van der Waals surface area contributed by atoms with Gasteiger partial charge in [0.25, 0.3) is 0 Å². The van der Waals surface area contributed by atoms with E-state index in [2.05, 4.69) is 0 Å². The van der Waals surface area contributed by atoms with Gasteiger partial charge in [-0.05, 0) is 35.4 Å². The van der Waals surface area contributed by atoms with Crippen LogP contribution in [0, 0.1) is 5.82 Å². The smallest absolute Gasteiger partial charge is 0.161 e. The highest BCUT2D eigenvalue weighted by atomic mass is 35.5. The Labute approximate surface area is 126 Å². The third kappa shape index (κ3) is 2.96. The Kier molecular flexibility index (Phi) is 3.99. The number of ether oxygens (including phenoxy) is 2. The minimum Gasteiger partial charge on any atom is -0.490 e. The summed E-state index contributed by atoms with van der Waals surface area (Å²) in [6.45, 7) is 1.18. The Hall–Kier alpha value is -1.78. The van der Waals surface area contributed by atoms with Gasteiger partial charge >= 0.3 is 0 Å². The summed E-state index contributed by atoms with van der Waals surface area (Å²) in [6, 6.07) is 9.47. The molecule has 2 aromatic rings. The molecule has 0 saturated heterocycles. The summed E-state index contributed by atoms with van der Waals surface area (Å²) in [5, 5.41) is 10.4. The van der Waals surface area contributed by atoms with Gasteiger partial charge in [0.05, 0.1) is 18.2 Å². The summed E-state index contributed by atoms with van der Waals surface area (Å²) in [4.78, 5) is 0. The van der Waals surface area contributed by atoms with E-state index in [0.29, 0.717) is 35.8 Å². The molecule has 110 valence electrons. The van der Waals surface area contributed by atoms with Gasteiger partial charge in [0, 0.05) is 6.42 Å². The molecule has 5 heteroatoms. The zero-order valence-corrected chi connectivity index (χ0v) is 11.9. The first kappa shape index (κ1) is 14.2. The van der Waals surface area contributed by atoms with Crippen LogP contribution in [0.15, 0.2) is 36.4 Å². The van der Waals surface area contributed by atoms with E-state index in [0.717, 1.165) is 6.42 Å². The predicted octanol–water partition coefficient (Wildman–Crippen LogP) is 3.72. The van der Waals surface area contributed by atoms with Crippen molar-refractivity contribution in [3.05, 3.63) is 58.4 Å². The molecule has 0 fully saturated rings. The van der Waals surface area contributed by atoms with Gasteiger partial charge in [0.15, 0.2) is 11.5 Å². The molecule has 2 aromatic carbocycles. The normalized spacial score (nSPS) is 15.4. The van der Waals surface area contributed by atoms with Gasteiger partial charge in [0.2, 0.25) is 0 Å². The van der Waals surface area contributed by atoms with Crippen LogP contribution in [0.2, 0.25) is 5.02 Å². The summed E-state index contributed by atoms with van der Waals surface area (Å²) < 4.78 is 24.6. The second-order valence-corrected chi connectivity index (χ2v) is 5.24. The zero-order valence-electron chi connectivity index (χ0n) is 11.2. The van der Waals surface area contributed by atoms with Gasteiger partial charge in [-0.2, -0.15) is 0 Å². The lowest BCUT2D eigenvalue weighted by atomic mass is 10.0. The molecule has 0 aromatic heterocycles. The fraction of sp³-hybridized carbons (Fsp3) is 0.250. The Morgan fingerprint density at radius 1 is 1.00 bits per heavy atom. The topological polar surface area (TPSA) is 38.7 Å². The number of hydrogen-bond donors (Lipinski definition) is 1. The van der Waals surface area contributed by atoms with Crippen LogP contribution >= 0.6 is 11.6 Å². The summed E-state index contributed by atoms with van der Waals surface area (Å²) in [5.74, 6) is 0.701. The maximum absolute atomic E-state index is 13.5. The van der Waals surface area contributed by atoms with E-state index in [1.54, 1.807) is 24.3 Å². The minimum absolute atomic E-state index is 0.0320. The second kappa shape index (κ2) is 5.92. The molecule has 1 unspecified atom stereocenters. The molecule has 1 aliphatic rings. The lowest BCUT2D eigenvalue weighted by molar-refractivity contribution is 0.219. The number of rotatable bonds is 2. The highest BCUT2D eigenvalue weighted by Gasteiger charge is 2.17. The number of hydrogen-bond acceptors (Lipinski definition) is 3. The van der Waals surface area contributed by atoms with Crippen molar-refractivity contribution < 1.29 is 19.0 Å². The first-order valence-corrected chi connectivity index (χ1v) is 7.05. The van der Waals surface area contributed by atoms with Crippen molar-refractivity contribution in [3.63, 3.8) is 0 Å². The van der Waals surface area contributed by atoms with Gasteiger partial charge in [-0.25, -0.2) is 4.39 Å². The third-order valence-corrected chi connectivity index (χ3v) is 3.65. The number of aliphatic hydroxyl groups excluding tert-OH is 1. The Bertz CT molecular complexity index is 660. The van der Waals surface area contributed by atoms with Gasteiger partial charge in [-0.15, -0.1) is 0 Å². The molecule has 0 saturated carbocycles. The average Bonchev–Trinajstić information content (AvgIpc) is 2.73. The molecule has 0 aliphatic carbocycles. The quantitative estimate of drug-likeness (QED) is 0.919. The van der Waals surface area contributed by atoms with Crippen molar-refractivity contribution in [2.45, 2.75) is 12.5 Å². The molecule has 1 N–H and O–H groups in total. The number of fused-ring (bicyclic) bond motifs is 1. The molecule has 0 bridgehead atoms. The monoisotopic (exact) mass is 308 g/mol. The van der Waals surface area contributed by atoms with E-state index in [1.165, 1.54) is 12.1 Å². The summed E-state index contributed by atoms with van der Waals surface area (Å²) in [6.07, 6.45) is -0.136. The van der Waals surface area contributed by atoms with E-state index >= 15 is 0 Å². The number of halogens is 2. The van der Waals surface area contributed by atoms with Gasteiger partial charge in [0.1, 0.15) is 11.9 Å². The molecule has 0 spiro atoms. The molecule has 0 amide bonds. The van der Waals surface area contributed by atoms with Crippen LogP contribution in [0.5, 0.6) is 11.5 Å². The number of aliphatic hydroxyl groups is 1. The van der Waals surface area contributed by atoms with Gasteiger partial charge in [-0.3, -0.25) is 0 Å². The maximum Gasteiger partial charge on any atom is 0.161 e. The molecule has 3 nitrogen and oxygen atoms in total. The standard InChI is InChI=1S/C16H14ClFO3/c17-12-4-2-10(8-13(12)18)16(19)11-3-5-14-15(9-11)21-7-1-6-20-14/h2-5,8-9,16,19H,1,6-7H2. The SMILES string of the molecule is OC(c1ccc(Cl)c(F)c1)c1ccc2c(c1)OCCCO2. The summed E-state index contributed by atoms with van der Waals surface area (Å²) in [7, 11) is 0. The lowest BCUT2D eigenvalue weighted by Crippen LogP contribution is -2.01. The average molecular weight is 309 g/mol. The molecular formula is C16H14ClFO3. The van der Waals surface area contributed by atoms with E-state index in [9.17, 15) is 9.50 Å². The van der Waals surface area contributed by atoms with Crippen LogP contribution in [0.3, 0.4) is 0 Å². The molecular weight excluding hydrogens is 295 g/mol. The lowest BCUT2D eigenvalue weighted by Gasteiger charge is -2.14. The first-order valence-electron chi connectivity index (χ1n) is 6.68. The van der Waals surface area contributed by atoms with E-state index in [4.69, 9.17) is 21.1 Å². The fourth-order valence-corrected chi connectivity index (χ4v) is 2.34. The van der Waals surface area contributed by atoms with Crippen molar-refractivity contribution >= 4 is 11.6 Å².